The fourth-order valence-electron chi connectivity index (χ4n) is 3.71. The molecule has 0 bridgehead atoms. The van der Waals surface area contributed by atoms with E-state index >= 15 is 0 Å². The van der Waals surface area contributed by atoms with Crippen molar-refractivity contribution in [2.24, 2.45) is 5.92 Å². The van der Waals surface area contributed by atoms with E-state index in [2.05, 4.69) is 20.4 Å². The first-order valence-electron chi connectivity index (χ1n) is 10.1. The van der Waals surface area contributed by atoms with Gasteiger partial charge in [0.1, 0.15) is 5.69 Å². The summed E-state index contributed by atoms with van der Waals surface area (Å²) in [5, 5.41) is 16.4. The summed E-state index contributed by atoms with van der Waals surface area (Å²) < 4.78 is 16.9. The largest absolute Gasteiger partial charge is 0.481 e. The summed E-state index contributed by atoms with van der Waals surface area (Å²) >= 11 is 0. The number of fused-ring (bicyclic) bond motifs is 1. The molecular weight excluding hydrogens is 400 g/mol. The third-order valence-electron chi connectivity index (χ3n) is 5.47. The molecule has 3 heterocycles. The lowest BCUT2D eigenvalue weighted by molar-refractivity contribution is -0.145. The van der Waals surface area contributed by atoms with Crippen LogP contribution in [0.25, 0.3) is 23.0 Å². The summed E-state index contributed by atoms with van der Waals surface area (Å²) in [6, 6.07) is 9.53. The first-order valence-corrected chi connectivity index (χ1v) is 10.1. The van der Waals surface area contributed by atoms with Gasteiger partial charge in [0.05, 0.1) is 5.92 Å². The molecule has 9 heteroatoms. The Bertz CT molecular complexity index is 1120. The predicted molar refractivity (Wildman–Crippen MR) is 109 cm³/mol. The molecule has 1 saturated carbocycles. The van der Waals surface area contributed by atoms with Gasteiger partial charge in [-0.05, 0) is 42.7 Å². The Morgan fingerprint density at radius 1 is 1.19 bits per heavy atom. The number of aromatic nitrogens is 3. The quantitative estimate of drug-likeness (QED) is 0.617. The molecule has 3 aromatic rings. The first-order chi connectivity index (χ1) is 14.9. The van der Waals surface area contributed by atoms with Gasteiger partial charge in [0.25, 0.3) is 5.89 Å². The van der Waals surface area contributed by atoms with Crippen LogP contribution >= 0.6 is 0 Å². The maximum atomic E-state index is 10.9. The van der Waals surface area contributed by atoms with Crippen LogP contribution < -0.4 is 14.8 Å². The fourth-order valence-corrected chi connectivity index (χ4v) is 3.71. The molecule has 2 aliphatic rings. The van der Waals surface area contributed by atoms with Crippen molar-refractivity contribution in [3.63, 3.8) is 0 Å². The summed E-state index contributed by atoms with van der Waals surface area (Å²) in [5.74, 6) is 0.468. The zero-order valence-corrected chi connectivity index (χ0v) is 17.2. The van der Waals surface area contributed by atoms with E-state index in [1.807, 2.05) is 44.2 Å². The molecule has 0 atom stereocenters. The number of pyridine rings is 1. The molecular formula is C22H22N4O5. The zero-order valence-electron chi connectivity index (χ0n) is 17.2. The van der Waals surface area contributed by atoms with Crippen LogP contribution in [-0.4, -0.2) is 38.0 Å². The molecule has 0 saturated heterocycles. The van der Waals surface area contributed by atoms with Gasteiger partial charge in [0, 0.05) is 38.2 Å². The maximum Gasteiger partial charge on any atom is 0.306 e. The lowest BCUT2D eigenvalue weighted by Crippen LogP contribution is -2.43. The topological polar surface area (TPSA) is 120 Å². The highest BCUT2D eigenvalue weighted by atomic mass is 16.7. The van der Waals surface area contributed by atoms with Crippen molar-refractivity contribution in [1.29, 1.82) is 0 Å². The number of hydrogen-bond acceptors (Lipinski definition) is 8. The molecule has 0 radical (unpaired) electrons. The Labute approximate surface area is 178 Å². The molecule has 0 spiro atoms. The molecule has 31 heavy (non-hydrogen) atoms. The van der Waals surface area contributed by atoms with E-state index in [0.717, 1.165) is 11.1 Å². The van der Waals surface area contributed by atoms with Gasteiger partial charge in [0.2, 0.25) is 11.6 Å². The minimum Gasteiger partial charge on any atom is -0.481 e. The van der Waals surface area contributed by atoms with Crippen molar-refractivity contribution in [2.75, 3.05) is 0 Å². The Hall–Kier alpha value is -3.46. The second kappa shape index (κ2) is 7.35. The highest BCUT2D eigenvalue weighted by Crippen LogP contribution is 2.41. The molecule has 1 aliphatic carbocycles. The van der Waals surface area contributed by atoms with Crippen LogP contribution in [0.15, 0.2) is 41.1 Å². The van der Waals surface area contributed by atoms with Gasteiger partial charge in [0.15, 0.2) is 11.5 Å². The summed E-state index contributed by atoms with van der Waals surface area (Å²) in [6.45, 7) is 4.33. The van der Waals surface area contributed by atoms with Gasteiger partial charge in [-0.25, -0.2) is 0 Å². The number of aliphatic carboxylic acids is 1. The second-order valence-electron chi connectivity index (χ2n) is 8.32. The average Bonchev–Trinajstić information content (AvgIpc) is 3.29. The number of hydrogen-bond donors (Lipinski definition) is 2. The van der Waals surface area contributed by atoms with Gasteiger partial charge in [-0.3, -0.25) is 9.78 Å². The molecule has 1 aromatic carbocycles. The monoisotopic (exact) mass is 422 g/mol. The van der Waals surface area contributed by atoms with E-state index in [1.54, 1.807) is 6.20 Å². The summed E-state index contributed by atoms with van der Waals surface area (Å²) in [7, 11) is 0. The minimum absolute atomic E-state index is 0.221. The molecule has 2 N–H and O–H groups in total. The van der Waals surface area contributed by atoms with Gasteiger partial charge in [-0.15, -0.1) is 0 Å². The molecule has 160 valence electrons. The first kappa shape index (κ1) is 19.5. The van der Waals surface area contributed by atoms with Gasteiger partial charge in [-0.2, -0.15) is 4.98 Å². The van der Waals surface area contributed by atoms with Crippen molar-refractivity contribution >= 4 is 5.97 Å². The number of carbonyl (C=O) groups is 1. The number of rotatable bonds is 6. The number of carboxylic acids is 1. The molecule has 0 amide bonds. The molecule has 5 rings (SSSR count). The molecule has 1 fully saturated rings. The number of ether oxygens (including phenoxy) is 2. The van der Waals surface area contributed by atoms with Gasteiger partial charge in [-0.1, -0.05) is 11.2 Å². The highest BCUT2D eigenvalue weighted by Gasteiger charge is 2.34. The van der Waals surface area contributed by atoms with Crippen LogP contribution in [0, 0.1) is 5.92 Å². The van der Waals surface area contributed by atoms with E-state index in [0.29, 0.717) is 48.3 Å². The van der Waals surface area contributed by atoms with Crippen molar-refractivity contribution in [3.05, 3.63) is 42.1 Å². The number of nitrogens with zero attached hydrogens (tertiary/aromatic N) is 3. The van der Waals surface area contributed by atoms with Gasteiger partial charge >= 0.3 is 5.97 Å². The average molecular weight is 422 g/mol. The van der Waals surface area contributed by atoms with Crippen molar-refractivity contribution in [1.82, 2.24) is 20.4 Å². The fraction of sp³-hybridized carbons (Fsp3) is 0.364. The van der Waals surface area contributed by atoms with Crippen LogP contribution in [0.1, 0.15) is 32.3 Å². The Morgan fingerprint density at radius 2 is 2.00 bits per heavy atom. The molecule has 2 aromatic heterocycles. The summed E-state index contributed by atoms with van der Waals surface area (Å²) in [5.41, 5.74) is 2.34. The van der Waals surface area contributed by atoms with Crippen molar-refractivity contribution in [2.45, 2.75) is 45.1 Å². The lowest BCUT2D eigenvalue weighted by atomic mass is 9.80. The van der Waals surface area contributed by atoms with Gasteiger partial charge < -0.3 is 24.4 Å². The zero-order chi connectivity index (χ0) is 21.6. The second-order valence-corrected chi connectivity index (χ2v) is 8.32. The van der Waals surface area contributed by atoms with Crippen LogP contribution in [0.4, 0.5) is 0 Å². The molecule has 9 nitrogen and oxygen atoms in total. The third-order valence-corrected chi connectivity index (χ3v) is 5.47. The minimum atomic E-state index is -0.715. The van der Waals surface area contributed by atoms with Crippen LogP contribution in [-0.2, 0) is 11.3 Å². The van der Waals surface area contributed by atoms with Crippen molar-refractivity contribution in [3.8, 4) is 34.5 Å². The van der Waals surface area contributed by atoms with E-state index in [1.165, 1.54) is 0 Å². The lowest BCUT2D eigenvalue weighted by Gasteiger charge is -2.33. The normalized spacial score (nSPS) is 21.0. The number of carboxylic acid groups (broad SMARTS) is 1. The smallest absolute Gasteiger partial charge is 0.306 e. The van der Waals surface area contributed by atoms with Crippen LogP contribution in [0.5, 0.6) is 11.5 Å². The summed E-state index contributed by atoms with van der Waals surface area (Å²) in [6.07, 6.45) is 3.09. The SMILES string of the molecule is CC1(C)Oc2ccc(-c3noc(-c4ccc(CNC5CC(C(=O)O)C5)cn4)n3)cc2O1. The number of nitrogens with one attached hydrogen (secondary N) is 1. The maximum absolute atomic E-state index is 10.9. The predicted octanol–water partition coefficient (Wildman–Crippen LogP) is 3.26. The van der Waals surface area contributed by atoms with E-state index in [4.69, 9.17) is 19.1 Å². The number of benzene rings is 1. The Kier molecular flexibility index (Phi) is 4.62. The Balaban J connectivity index is 1.23. The van der Waals surface area contributed by atoms with E-state index in [9.17, 15) is 4.79 Å². The standard InChI is InChI=1S/C22H22N4O5/c1-22(2)29-17-6-4-13(9-18(17)30-22)19-25-20(31-26-19)16-5-3-12(11-24-16)10-23-15-7-14(8-15)21(27)28/h3-6,9,11,14-15,23H,7-8,10H2,1-2H3,(H,27,28). The molecule has 1 aliphatic heterocycles. The molecule has 0 unspecified atom stereocenters. The highest BCUT2D eigenvalue weighted by molar-refractivity contribution is 5.71. The Morgan fingerprint density at radius 3 is 2.74 bits per heavy atom. The third kappa shape index (κ3) is 3.96. The summed E-state index contributed by atoms with van der Waals surface area (Å²) in [4.78, 5) is 19.8. The van der Waals surface area contributed by atoms with E-state index in [-0.39, 0.29) is 12.0 Å². The van der Waals surface area contributed by atoms with E-state index < -0.39 is 11.8 Å². The van der Waals surface area contributed by atoms with Crippen LogP contribution in [0.2, 0.25) is 0 Å². The van der Waals surface area contributed by atoms with Crippen LogP contribution in [0.3, 0.4) is 0 Å². The van der Waals surface area contributed by atoms with Crippen molar-refractivity contribution < 1.29 is 23.9 Å².